The summed E-state index contributed by atoms with van der Waals surface area (Å²) in [5.41, 5.74) is 1.04. The van der Waals surface area contributed by atoms with Gasteiger partial charge in [-0.1, -0.05) is 24.0 Å². The van der Waals surface area contributed by atoms with Crippen molar-refractivity contribution in [2.24, 2.45) is 0 Å². The molecule has 110 valence electrons. The van der Waals surface area contributed by atoms with Gasteiger partial charge in [0.2, 0.25) is 5.91 Å². The summed E-state index contributed by atoms with van der Waals surface area (Å²) >= 11 is 0. The fraction of sp³-hybridized carbons (Fsp3) is 0.375. The van der Waals surface area contributed by atoms with Crippen LogP contribution in [0.1, 0.15) is 35.2 Å². The number of aliphatic hydroxyl groups excluding tert-OH is 1. The largest absolute Gasteiger partial charge is 0.395 e. The maximum Gasteiger partial charge on any atom is 0.253 e. The average Bonchev–Trinajstić information content (AvgIpc) is 2.50. The van der Waals surface area contributed by atoms with Gasteiger partial charge in [0.05, 0.1) is 12.2 Å². The van der Waals surface area contributed by atoms with Crippen molar-refractivity contribution in [3.8, 4) is 11.8 Å². The van der Waals surface area contributed by atoms with Gasteiger partial charge in [0.25, 0.3) is 5.91 Å². The Kier molecular flexibility index (Phi) is 5.35. The standard InChI is InChI=1S/C16H18N2O3/c19-11-4-3-7-12-6-1-2-8-13(12)15(20)18-14-9-5-10-17-16(14)21/h1-2,6,8,14,19H,4-5,9-11H2,(H,17,21)(H,18,20). The van der Waals surface area contributed by atoms with E-state index in [0.29, 0.717) is 30.5 Å². The molecule has 1 aromatic rings. The molecule has 5 heteroatoms. The lowest BCUT2D eigenvalue weighted by atomic mass is 10.0. The highest BCUT2D eigenvalue weighted by Gasteiger charge is 2.24. The van der Waals surface area contributed by atoms with Crippen molar-refractivity contribution in [1.29, 1.82) is 0 Å². The van der Waals surface area contributed by atoms with Crippen molar-refractivity contribution >= 4 is 11.8 Å². The number of aliphatic hydroxyl groups is 1. The summed E-state index contributed by atoms with van der Waals surface area (Å²) in [7, 11) is 0. The van der Waals surface area contributed by atoms with Crippen LogP contribution in [0, 0.1) is 11.8 Å². The topological polar surface area (TPSA) is 78.4 Å². The minimum absolute atomic E-state index is 0.0103. The van der Waals surface area contributed by atoms with Crippen LogP contribution in [0.4, 0.5) is 0 Å². The lowest BCUT2D eigenvalue weighted by Crippen LogP contribution is -2.50. The highest BCUT2D eigenvalue weighted by molar-refractivity contribution is 5.99. The molecule has 1 unspecified atom stereocenters. The Bertz CT molecular complexity index is 587. The lowest BCUT2D eigenvalue weighted by molar-refractivity contribution is -0.124. The molecule has 1 heterocycles. The van der Waals surface area contributed by atoms with Crippen molar-refractivity contribution in [3.63, 3.8) is 0 Å². The van der Waals surface area contributed by atoms with Crippen LogP contribution in [0.2, 0.25) is 0 Å². The van der Waals surface area contributed by atoms with Gasteiger partial charge in [-0.15, -0.1) is 0 Å². The highest BCUT2D eigenvalue weighted by Crippen LogP contribution is 2.10. The van der Waals surface area contributed by atoms with Crippen LogP contribution in [0.25, 0.3) is 0 Å². The van der Waals surface area contributed by atoms with Crippen molar-refractivity contribution in [1.82, 2.24) is 10.6 Å². The summed E-state index contributed by atoms with van der Waals surface area (Å²) in [5, 5.41) is 14.2. The SMILES string of the molecule is O=C(NC1CCCNC1=O)c1ccccc1C#CCCO. The maximum atomic E-state index is 12.3. The van der Waals surface area contributed by atoms with E-state index in [1.54, 1.807) is 24.3 Å². The molecule has 1 saturated heterocycles. The van der Waals surface area contributed by atoms with Crippen LogP contribution < -0.4 is 10.6 Å². The van der Waals surface area contributed by atoms with Gasteiger partial charge in [0.1, 0.15) is 6.04 Å². The number of amides is 2. The molecule has 0 bridgehead atoms. The number of nitrogens with one attached hydrogen (secondary N) is 2. The first kappa shape index (κ1) is 15.1. The first-order valence-electron chi connectivity index (χ1n) is 6.99. The molecule has 2 rings (SSSR count). The molecule has 2 amide bonds. The zero-order chi connectivity index (χ0) is 15.1. The molecule has 1 aliphatic rings. The number of hydrogen-bond donors (Lipinski definition) is 3. The second-order valence-corrected chi connectivity index (χ2v) is 4.78. The summed E-state index contributed by atoms with van der Waals surface area (Å²) in [6.45, 7) is 0.651. The van der Waals surface area contributed by atoms with Gasteiger partial charge in [-0.25, -0.2) is 0 Å². The fourth-order valence-electron chi connectivity index (χ4n) is 2.15. The van der Waals surface area contributed by atoms with Gasteiger partial charge in [-0.2, -0.15) is 0 Å². The maximum absolute atomic E-state index is 12.3. The van der Waals surface area contributed by atoms with Crippen molar-refractivity contribution in [2.75, 3.05) is 13.2 Å². The Morgan fingerprint density at radius 3 is 3.00 bits per heavy atom. The Balaban J connectivity index is 2.12. The molecule has 3 N–H and O–H groups in total. The first-order valence-corrected chi connectivity index (χ1v) is 6.99. The second kappa shape index (κ2) is 7.46. The van der Waals surface area contributed by atoms with Crippen LogP contribution >= 0.6 is 0 Å². The van der Waals surface area contributed by atoms with E-state index >= 15 is 0 Å². The van der Waals surface area contributed by atoms with Crippen molar-refractivity contribution in [2.45, 2.75) is 25.3 Å². The van der Waals surface area contributed by atoms with Gasteiger partial charge in [-0.3, -0.25) is 9.59 Å². The fourth-order valence-corrected chi connectivity index (χ4v) is 2.15. The highest BCUT2D eigenvalue weighted by atomic mass is 16.2. The summed E-state index contributed by atoms with van der Waals surface area (Å²) in [5.74, 6) is 5.23. The predicted octanol–water partition coefficient (Wildman–Crippen LogP) is 0.429. The van der Waals surface area contributed by atoms with Gasteiger partial charge in [0.15, 0.2) is 0 Å². The van der Waals surface area contributed by atoms with Gasteiger partial charge in [0, 0.05) is 18.5 Å². The molecule has 1 fully saturated rings. The van der Waals surface area contributed by atoms with Crippen LogP contribution in [-0.4, -0.2) is 36.1 Å². The third-order valence-electron chi connectivity index (χ3n) is 3.22. The minimum Gasteiger partial charge on any atom is -0.395 e. The normalized spacial score (nSPS) is 17.4. The first-order chi connectivity index (χ1) is 10.2. The van der Waals surface area contributed by atoms with Crippen LogP contribution in [0.5, 0.6) is 0 Å². The average molecular weight is 286 g/mol. The Labute approximate surface area is 123 Å². The quantitative estimate of drug-likeness (QED) is 0.705. The van der Waals surface area contributed by atoms with E-state index in [4.69, 9.17) is 5.11 Å². The van der Waals surface area contributed by atoms with E-state index in [1.165, 1.54) is 0 Å². The second-order valence-electron chi connectivity index (χ2n) is 4.78. The zero-order valence-electron chi connectivity index (χ0n) is 11.7. The van der Waals surface area contributed by atoms with E-state index in [2.05, 4.69) is 22.5 Å². The molecular formula is C16H18N2O3. The number of carbonyl (C=O) groups excluding carboxylic acids is 2. The smallest absolute Gasteiger partial charge is 0.253 e. The zero-order valence-corrected chi connectivity index (χ0v) is 11.7. The Morgan fingerprint density at radius 1 is 1.43 bits per heavy atom. The third-order valence-corrected chi connectivity index (χ3v) is 3.22. The Hall–Kier alpha value is -2.32. The van der Waals surface area contributed by atoms with E-state index in [-0.39, 0.29) is 18.4 Å². The third kappa shape index (κ3) is 4.07. The van der Waals surface area contributed by atoms with E-state index in [9.17, 15) is 9.59 Å². The molecule has 5 nitrogen and oxygen atoms in total. The van der Waals surface area contributed by atoms with E-state index in [1.807, 2.05) is 0 Å². The molecule has 0 spiro atoms. The number of piperidine rings is 1. The molecule has 1 aliphatic heterocycles. The van der Waals surface area contributed by atoms with Crippen molar-refractivity contribution in [3.05, 3.63) is 35.4 Å². The molecule has 0 aromatic heterocycles. The van der Waals surface area contributed by atoms with Crippen LogP contribution in [0.3, 0.4) is 0 Å². The number of benzene rings is 1. The molecule has 0 radical (unpaired) electrons. The predicted molar refractivity (Wildman–Crippen MR) is 78.5 cm³/mol. The lowest BCUT2D eigenvalue weighted by Gasteiger charge is -2.22. The number of carbonyl (C=O) groups is 2. The number of rotatable bonds is 3. The Morgan fingerprint density at radius 2 is 2.24 bits per heavy atom. The summed E-state index contributed by atoms with van der Waals surface area (Å²) in [4.78, 5) is 24.0. The van der Waals surface area contributed by atoms with Gasteiger partial charge in [-0.05, 0) is 25.0 Å². The minimum atomic E-state index is -0.482. The molecular weight excluding hydrogens is 268 g/mol. The monoisotopic (exact) mass is 286 g/mol. The van der Waals surface area contributed by atoms with Crippen LogP contribution in [0.15, 0.2) is 24.3 Å². The van der Waals surface area contributed by atoms with Crippen LogP contribution in [-0.2, 0) is 4.79 Å². The number of hydrogen-bond acceptors (Lipinski definition) is 3. The van der Waals surface area contributed by atoms with Crippen molar-refractivity contribution < 1.29 is 14.7 Å². The summed E-state index contributed by atoms with van der Waals surface area (Å²) in [6, 6.07) is 6.50. The summed E-state index contributed by atoms with van der Waals surface area (Å²) < 4.78 is 0. The molecule has 1 atom stereocenters. The van der Waals surface area contributed by atoms with Gasteiger partial charge < -0.3 is 15.7 Å². The molecule has 0 saturated carbocycles. The van der Waals surface area contributed by atoms with E-state index in [0.717, 1.165) is 6.42 Å². The summed E-state index contributed by atoms with van der Waals surface area (Å²) in [6.07, 6.45) is 1.87. The molecule has 1 aromatic carbocycles. The molecule has 0 aliphatic carbocycles. The van der Waals surface area contributed by atoms with E-state index < -0.39 is 6.04 Å². The van der Waals surface area contributed by atoms with Gasteiger partial charge >= 0.3 is 0 Å². The molecule has 21 heavy (non-hydrogen) atoms.